The van der Waals surface area contributed by atoms with Gasteiger partial charge in [-0.05, 0) is 55.2 Å². The number of thioether (sulfide) groups is 1. The van der Waals surface area contributed by atoms with Crippen LogP contribution in [0.25, 0.3) is 0 Å². The van der Waals surface area contributed by atoms with Gasteiger partial charge in [-0.1, -0.05) is 54.9 Å². The van der Waals surface area contributed by atoms with Crippen LogP contribution >= 0.6 is 11.8 Å². The van der Waals surface area contributed by atoms with Crippen molar-refractivity contribution in [2.45, 2.75) is 55.2 Å². The van der Waals surface area contributed by atoms with Crippen molar-refractivity contribution >= 4 is 11.8 Å². The zero-order valence-electron chi connectivity index (χ0n) is 13.9. The molecule has 1 fully saturated rings. The lowest BCUT2D eigenvalue weighted by Gasteiger charge is -2.18. The molecule has 0 N–H and O–H groups in total. The van der Waals surface area contributed by atoms with Crippen LogP contribution in [-0.2, 0) is 12.8 Å². The van der Waals surface area contributed by atoms with Crippen LogP contribution in [0.3, 0.4) is 0 Å². The summed E-state index contributed by atoms with van der Waals surface area (Å²) < 4.78 is 0. The summed E-state index contributed by atoms with van der Waals surface area (Å²) in [7, 11) is 0. The molecule has 4 rings (SSSR count). The molecular weight excluding hydrogens is 312 g/mol. The van der Waals surface area contributed by atoms with Crippen LogP contribution in [-0.4, -0.2) is 4.98 Å². The van der Waals surface area contributed by atoms with Crippen molar-refractivity contribution < 1.29 is 0 Å². The largest absolute Gasteiger partial charge is 0.245 e. The van der Waals surface area contributed by atoms with E-state index < -0.39 is 0 Å². The summed E-state index contributed by atoms with van der Waals surface area (Å²) in [4.78, 5) is 4.87. The third-order valence-corrected chi connectivity index (χ3v) is 6.42. The molecule has 0 aliphatic heterocycles. The highest BCUT2D eigenvalue weighted by atomic mass is 32.2. The molecule has 1 aromatic heterocycles. The highest BCUT2D eigenvalue weighted by Gasteiger charge is 2.25. The van der Waals surface area contributed by atoms with Crippen molar-refractivity contribution in [2.24, 2.45) is 5.92 Å². The molecule has 1 aromatic carbocycles. The van der Waals surface area contributed by atoms with Gasteiger partial charge in [0, 0.05) is 10.9 Å². The number of benzene rings is 1. The summed E-state index contributed by atoms with van der Waals surface area (Å²) in [5.74, 6) is 0.931. The molecule has 1 saturated carbocycles. The molecule has 0 radical (unpaired) electrons. The lowest BCUT2D eigenvalue weighted by Crippen LogP contribution is -2.00. The second kappa shape index (κ2) is 6.99. The number of aromatic nitrogens is 1. The van der Waals surface area contributed by atoms with Crippen LogP contribution < -0.4 is 0 Å². The van der Waals surface area contributed by atoms with E-state index in [-0.39, 0.29) is 0 Å². The Bertz CT molecular complexity index is 759. The molecule has 2 aromatic rings. The highest BCUT2D eigenvalue weighted by molar-refractivity contribution is 7.99. The van der Waals surface area contributed by atoms with E-state index in [9.17, 15) is 5.26 Å². The van der Waals surface area contributed by atoms with Gasteiger partial charge in [-0.25, -0.2) is 4.98 Å². The van der Waals surface area contributed by atoms with Gasteiger partial charge in [0.15, 0.2) is 0 Å². The Hall–Kier alpha value is -1.79. The molecule has 2 aliphatic carbocycles. The first-order valence-corrected chi connectivity index (χ1v) is 9.86. The van der Waals surface area contributed by atoms with E-state index in [1.165, 1.54) is 48.9 Å². The van der Waals surface area contributed by atoms with E-state index in [2.05, 4.69) is 42.5 Å². The van der Waals surface area contributed by atoms with Gasteiger partial charge in [0.25, 0.3) is 0 Å². The third kappa shape index (κ3) is 3.49. The molecule has 0 saturated heterocycles. The molecule has 1 atom stereocenters. The first-order chi connectivity index (χ1) is 11.8. The predicted molar refractivity (Wildman–Crippen MR) is 98.0 cm³/mol. The Morgan fingerprint density at radius 1 is 1.21 bits per heavy atom. The zero-order valence-corrected chi connectivity index (χ0v) is 14.7. The Kier molecular flexibility index (Phi) is 4.58. The van der Waals surface area contributed by atoms with Crippen LogP contribution in [0.5, 0.6) is 0 Å². The van der Waals surface area contributed by atoms with Crippen LogP contribution in [0.2, 0.25) is 0 Å². The lowest BCUT2D eigenvalue weighted by atomic mass is 10.1. The van der Waals surface area contributed by atoms with E-state index in [4.69, 9.17) is 4.98 Å². The van der Waals surface area contributed by atoms with Crippen molar-refractivity contribution in [3.63, 3.8) is 0 Å². The normalized spacial score (nSPS) is 17.3. The van der Waals surface area contributed by atoms with Gasteiger partial charge in [0.2, 0.25) is 0 Å². The van der Waals surface area contributed by atoms with E-state index in [1.807, 2.05) is 0 Å². The summed E-state index contributed by atoms with van der Waals surface area (Å²) in [6.07, 6.45) is 8.56. The molecule has 1 heterocycles. The number of hydrogen-bond donors (Lipinski definition) is 0. The molecule has 0 amide bonds. The number of aryl methyl sites for hydroxylation is 2. The maximum Gasteiger partial charge on any atom is 0.115 e. The quantitative estimate of drug-likeness (QED) is 0.658. The minimum absolute atomic E-state index is 0.394. The van der Waals surface area contributed by atoms with Crippen LogP contribution in [0.1, 0.15) is 59.7 Å². The van der Waals surface area contributed by atoms with E-state index in [0.717, 1.165) is 29.3 Å². The second-order valence-electron chi connectivity index (χ2n) is 6.95. The first-order valence-electron chi connectivity index (χ1n) is 8.98. The Morgan fingerprint density at radius 2 is 2.04 bits per heavy atom. The lowest BCUT2D eigenvalue weighted by molar-refractivity contribution is 0.657. The predicted octanol–water partition coefficient (Wildman–Crippen LogP) is 5.47. The highest BCUT2D eigenvalue weighted by Crippen LogP contribution is 2.43. The van der Waals surface area contributed by atoms with Gasteiger partial charge in [0.05, 0.1) is 5.56 Å². The number of nitriles is 1. The van der Waals surface area contributed by atoms with Gasteiger partial charge in [0.1, 0.15) is 11.1 Å². The molecule has 0 unspecified atom stereocenters. The SMILES string of the molecule is N#Cc1cc2c(nc1S[C@@H](CCC1CC1)c1ccccc1)CCC2. The molecule has 122 valence electrons. The van der Waals surface area contributed by atoms with Gasteiger partial charge in [-0.2, -0.15) is 5.26 Å². The van der Waals surface area contributed by atoms with Gasteiger partial charge < -0.3 is 0 Å². The summed E-state index contributed by atoms with van der Waals surface area (Å²) in [6, 6.07) is 15.2. The number of fused-ring (bicyclic) bond motifs is 1. The van der Waals surface area contributed by atoms with Crippen molar-refractivity contribution in [1.82, 2.24) is 4.98 Å². The van der Waals surface area contributed by atoms with Gasteiger partial charge >= 0.3 is 0 Å². The molecular formula is C21H22N2S. The van der Waals surface area contributed by atoms with Gasteiger partial charge in [-0.3, -0.25) is 0 Å². The Balaban J connectivity index is 1.60. The molecule has 2 aliphatic rings. The molecule has 0 spiro atoms. The molecule has 3 heteroatoms. The van der Waals surface area contributed by atoms with E-state index in [0.29, 0.717) is 5.25 Å². The standard InChI is InChI=1S/C21H22N2S/c22-14-18-13-17-7-4-8-19(17)23-21(18)24-20(12-11-15-9-10-15)16-5-2-1-3-6-16/h1-3,5-6,13,15,20H,4,7-12H2/t20-/m0/s1. The second-order valence-corrected chi connectivity index (χ2v) is 8.14. The Labute approximate surface area is 148 Å². The van der Waals surface area contributed by atoms with E-state index in [1.54, 1.807) is 11.8 Å². The number of nitrogens with zero attached hydrogens (tertiary/aromatic N) is 2. The zero-order chi connectivity index (χ0) is 16.4. The number of rotatable bonds is 6. The molecule has 24 heavy (non-hydrogen) atoms. The first kappa shape index (κ1) is 15.7. The van der Waals surface area contributed by atoms with Crippen LogP contribution in [0.4, 0.5) is 0 Å². The summed E-state index contributed by atoms with van der Waals surface area (Å²) >= 11 is 1.80. The topological polar surface area (TPSA) is 36.7 Å². The van der Waals surface area contributed by atoms with Crippen LogP contribution in [0, 0.1) is 17.2 Å². The third-order valence-electron chi connectivity index (χ3n) is 5.10. The van der Waals surface area contributed by atoms with E-state index >= 15 is 0 Å². The minimum atomic E-state index is 0.394. The van der Waals surface area contributed by atoms with Crippen LogP contribution in [0.15, 0.2) is 41.4 Å². The fourth-order valence-electron chi connectivity index (χ4n) is 3.51. The van der Waals surface area contributed by atoms with Crippen molar-refractivity contribution in [3.8, 4) is 6.07 Å². The Morgan fingerprint density at radius 3 is 2.79 bits per heavy atom. The monoisotopic (exact) mass is 334 g/mol. The average Bonchev–Trinajstić information content (AvgIpc) is 3.34. The fourth-order valence-corrected chi connectivity index (χ4v) is 4.72. The molecule has 0 bridgehead atoms. The molecule has 2 nitrogen and oxygen atoms in total. The fraction of sp³-hybridized carbons (Fsp3) is 0.429. The van der Waals surface area contributed by atoms with Crippen molar-refractivity contribution in [2.75, 3.05) is 0 Å². The summed E-state index contributed by atoms with van der Waals surface area (Å²) in [5.41, 5.74) is 4.61. The summed E-state index contributed by atoms with van der Waals surface area (Å²) in [5, 5.41) is 10.9. The smallest absolute Gasteiger partial charge is 0.115 e. The minimum Gasteiger partial charge on any atom is -0.245 e. The van der Waals surface area contributed by atoms with Crippen molar-refractivity contribution in [1.29, 1.82) is 5.26 Å². The summed E-state index contributed by atoms with van der Waals surface area (Å²) in [6.45, 7) is 0. The maximum absolute atomic E-state index is 9.56. The average molecular weight is 334 g/mol. The maximum atomic E-state index is 9.56. The number of hydrogen-bond acceptors (Lipinski definition) is 3. The number of pyridine rings is 1. The van der Waals surface area contributed by atoms with Gasteiger partial charge in [-0.15, -0.1) is 0 Å². The van der Waals surface area contributed by atoms with Crippen molar-refractivity contribution in [3.05, 3.63) is 58.8 Å².